The Morgan fingerprint density at radius 2 is 1.81 bits per heavy atom. The highest BCUT2D eigenvalue weighted by molar-refractivity contribution is 5.91. The predicted molar refractivity (Wildman–Crippen MR) is 86.7 cm³/mol. The van der Waals surface area contributed by atoms with Gasteiger partial charge in [-0.05, 0) is 32.9 Å². The van der Waals surface area contributed by atoms with Gasteiger partial charge in [0.1, 0.15) is 5.75 Å². The van der Waals surface area contributed by atoms with Gasteiger partial charge in [0, 0.05) is 17.5 Å². The number of para-hydroxylation sites is 2. The minimum absolute atomic E-state index is 0.110. The Labute approximate surface area is 127 Å². The third-order valence-electron chi connectivity index (χ3n) is 2.79. The quantitative estimate of drug-likeness (QED) is 0.781. The molecule has 0 bridgehead atoms. The van der Waals surface area contributed by atoms with Gasteiger partial charge in [-0.25, -0.2) is 4.79 Å². The second-order valence-corrected chi connectivity index (χ2v) is 6.98. The van der Waals surface area contributed by atoms with Crippen molar-refractivity contribution in [1.82, 2.24) is 5.32 Å². The van der Waals surface area contributed by atoms with Crippen molar-refractivity contribution < 1.29 is 9.53 Å². The fraction of sp³-hybridized carbons (Fsp3) is 0.562. The number of nitrogens with one attached hydrogen (secondary N) is 2. The molecule has 0 spiro atoms. The molecule has 0 aromatic heterocycles. The number of benzene rings is 1. The number of amides is 2. The average molecular weight is 293 g/mol. The van der Waals surface area contributed by atoms with Gasteiger partial charge in [0.25, 0.3) is 0 Å². The van der Waals surface area contributed by atoms with Gasteiger partial charge in [-0.2, -0.15) is 0 Å². The lowest BCUT2D eigenvalue weighted by Gasteiger charge is -2.24. The Morgan fingerprint density at radius 1 is 1.19 bits per heavy atom. The highest BCUT2D eigenvalue weighted by atomic mass is 16.5. The van der Waals surface area contributed by atoms with Crippen LogP contribution < -0.4 is 21.1 Å². The van der Waals surface area contributed by atoms with Crippen LogP contribution in [0.2, 0.25) is 0 Å². The van der Waals surface area contributed by atoms with Crippen LogP contribution in [0.1, 0.15) is 34.6 Å². The number of nitrogens with two attached hydrogens (primary N) is 1. The lowest BCUT2D eigenvalue weighted by molar-refractivity contribution is 0.188. The van der Waals surface area contributed by atoms with Crippen LogP contribution in [0.4, 0.5) is 10.5 Å². The summed E-state index contributed by atoms with van der Waals surface area (Å²) in [7, 11) is 0. The van der Waals surface area contributed by atoms with Crippen molar-refractivity contribution in [2.45, 2.75) is 40.2 Å². The summed E-state index contributed by atoms with van der Waals surface area (Å²) in [6.45, 7) is 10.9. The first-order valence-corrected chi connectivity index (χ1v) is 7.14. The molecule has 1 aromatic rings. The molecular formula is C16H27N3O2. The molecule has 118 valence electrons. The van der Waals surface area contributed by atoms with Gasteiger partial charge in [0.15, 0.2) is 0 Å². The maximum absolute atomic E-state index is 11.9. The minimum Gasteiger partial charge on any atom is -0.491 e. The number of anilines is 1. The van der Waals surface area contributed by atoms with E-state index in [1.165, 1.54) is 0 Å². The zero-order valence-corrected chi connectivity index (χ0v) is 13.6. The van der Waals surface area contributed by atoms with Crippen LogP contribution in [0.5, 0.6) is 5.75 Å². The molecule has 21 heavy (non-hydrogen) atoms. The molecule has 0 unspecified atom stereocenters. The van der Waals surface area contributed by atoms with Gasteiger partial charge in [-0.1, -0.05) is 26.0 Å². The molecule has 0 aliphatic rings. The Bertz CT molecular complexity index is 479. The van der Waals surface area contributed by atoms with Crippen molar-refractivity contribution in [1.29, 1.82) is 0 Å². The topological polar surface area (TPSA) is 76.4 Å². The van der Waals surface area contributed by atoms with Crippen LogP contribution in [0, 0.1) is 5.41 Å². The molecule has 0 saturated heterocycles. The maximum atomic E-state index is 11.9. The van der Waals surface area contributed by atoms with E-state index in [1.54, 1.807) is 0 Å². The summed E-state index contributed by atoms with van der Waals surface area (Å²) in [5.41, 5.74) is 5.94. The number of hydrogen-bond acceptors (Lipinski definition) is 3. The fourth-order valence-electron chi connectivity index (χ4n) is 1.52. The first-order valence-electron chi connectivity index (χ1n) is 7.14. The number of rotatable bonds is 5. The van der Waals surface area contributed by atoms with Crippen LogP contribution in [0.25, 0.3) is 0 Å². The van der Waals surface area contributed by atoms with Crippen molar-refractivity contribution in [3.8, 4) is 5.75 Å². The molecule has 4 N–H and O–H groups in total. The van der Waals surface area contributed by atoms with Gasteiger partial charge in [-0.15, -0.1) is 0 Å². The maximum Gasteiger partial charge on any atom is 0.319 e. The first-order chi connectivity index (χ1) is 9.63. The summed E-state index contributed by atoms with van der Waals surface area (Å²) in [6.07, 6.45) is 0. The predicted octanol–water partition coefficient (Wildman–Crippen LogP) is 2.97. The van der Waals surface area contributed by atoms with E-state index in [9.17, 15) is 4.79 Å². The van der Waals surface area contributed by atoms with Crippen molar-refractivity contribution in [3.05, 3.63) is 24.3 Å². The molecular weight excluding hydrogens is 266 g/mol. The third-order valence-corrected chi connectivity index (χ3v) is 2.79. The van der Waals surface area contributed by atoms with Gasteiger partial charge < -0.3 is 21.1 Å². The summed E-state index contributed by atoms with van der Waals surface area (Å²) < 4.78 is 5.80. The summed E-state index contributed by atoms with van der Waals surface area (Å²) in [5.74, 6) is 0.642. The summed E-state index contributed by atoms with van der Waals surface area (Å²) in [4.78, 5) is 11.9. The number of ether oxygens (including phenoxy) is 1. The molecule has 2 amide bonds. The monoisotopic (exact) mass is 293 g/mol. The zero-order chi connectivity index (χ0) is 16.1. The summed E-state index contributed by atoms with van der Waals surface area (Å²) in [5, 5.41) is 5.67. The van der Waals surface area contributed by atoms with Crippen molar-refractivity contribution in [2.24, 2.45) is 11.1 Å². The summed E-state index contributed by atoms with van der Waals surface area (Å²) >= 11 is 0. The molecule has 0 radical (unpaired) electrons. The molecule has 0 heterocycles. The number of carbonyl (C=O) groups is 1. The van der Waals surface area contributed by atoms with E-state index in [4.69, 9.17) is 10.5 Å². The summed E-state index contributed by atoms with van der Waals surface area (Å²) in [6, 6.07) is 7.12. The van der Waals surface area contributed by atoms with Crippen LogP contribution >= 0.6 is 0 Å². The molecule has 0 fully saturated rings. The largest absolute Gasteiger partial charge is 0.491 e. The number of carbonyl (C=O) groups excluding carboxylic acids is 1. The van der Waals surface area contributed by atoms with E-state index in [2.05, 4.69) is 10.6 Å². The van der Waals surface area contributed by atoms with Crippen molar-refractivity contribution in [3.63, 3.8) is 0 Å². The molecule has 0 aliphatic carbocycles. The van der Waals surface area contributed by atoms with E-state index in [0.29, 0.717) is 24.6 Å². The van der Waals surface area contributed by atoms with Crippen LogP contribution in [0.3, 0.4) is 0 Å². The highest BCUT2D eigenvalue weighted by Gasteiger charge is 2.18. The minimum atomic E-state index is -0.290. The van der Waals surface area contributed by atoms with E-state index in [0.717, 1.165) is 0 Å². The number of hydrogen-bond donors (Lipinski definition) is 3. The molecule has 1 rings (SSSR count). The highest BCUT2D eigenvalue weighted by Crippen LogP contribution is 2.26. The average Bonchev–Trinajstić information content (AvgIpc) is 2.35. The van der Waals surface area contributed by atoms with Crippen LogP contribution in [-0.4, -0.2) is 24.7 Å². The van der Waals surface area contributed by atoms with Crippen LogP contribution in [-0.2, 0) is 0 Å². The van der Waals surface area contributed by atoms with Gasteiger partial charge >= 0.3 is 6.03 Å². The van der Waals surface area contributed by atoms with E-state index >= 15 is 0 Å². The number of urea groups is 1. The zero-order valence-electron chi connectivity index (χ0n) is 13.6. The Kier molecular flexibility index (Phi) is 5.61. The van der Waals surface area contributed by atoms with E-state index < -0.39 is 0 Å². The molecule has 5 heteroatoms. The molecule has 0 saturated carbocycles. The van der Waals surface area contributed by atoms with Gasteiger partial charge in [-0.3, -0.25) is 0 Å². The molecule has 0 aliphatic heterocycles. The van der Waals surface area contributed by atoms with Gasteiger partial charge in [0.2, 0.25) is 0 Å². The van der Waals surface area contributed by atoms with Gasteiger partial charge in [0.05, 0.1) is 12.3 Å². The first kappa shape index (κ1) is 17.3. The second-order valence-electron chi connectivity index (χ2n) is 6.98. The normalized spacial score (nSPS) is 11.9. The van der Waals surface area contributed by atoms with Crippen molar-refractivity contribution >= 4 is 11.7 Å². The lowest BCUT2D eigenvalue weighted by atomic mass is 9.95. The Hall–Kier alpha value is -1.75. The third kappa shape index (κ3) is 6.49. The standard InChI is InChI=1S/C16H27N3O2/c1-15(2,3)19-14(20)18-12-8-6-7-9-13(12)21-11-16(4,5)10-17/h6-9H,10-11,17H2,1-5H3,(H2,18,19,20). The van der Waals surface area contributed by atoms with E-state index in [-0.39, 0.29) is 17.0 Å². The smallest absolute Gasteiger partial charge is 0.319 e. The Balaban J connectivity index is 2.73. The molecule has 1 aromatic carbocycles. The fourth-order valence-corrected chi connectivity index (χ4v) is 1.52. The Morgan fingerprint density at radius 3 is 2.38 bits per heavy atom. The van der Waals surface area contributed by atoms with Crippen LogP contribution in [0.15, 0.2) is 24.3 Å². The SMILES string of the molecule is CC(C)(CN)COc1ccccc1NC(=O)NC(C)(C)C. The second kappa shape index (κ2) is 6.80. The lowest BCUT2D eigenvalue weighted by Crippen LogP contribution is -2.43. The molecule has 5 nitrogen and oxygen atoms in total. The molecule has 0 atom stereocenters. The van der Waals surface area contributed by atoms with E-state index in [1.807, 2.05) is 58.9 Å². The van der Waals surface area contributed by atoms with Crippen molar-refractivity contribution in [2.75, 3.05) is 18.5 Å².